The van der Waals surface area contributed by atoms with Crippen LogP contribution in [0.2, 0.25) is 0 Å². The van der Waals surface area contributed by atoms with Gasteiger partial charge in [0.15, 0.2) is 0 Å². The lowest BCUT2D eigenvalue weighted by Gasteiger charge is -2.03. The van der Waals surface area contributed by atoms with Crippen molar-refractivity contribution in [3.05, 3.63) is 54.2 Å². The van der Waals surface area contributed by atoms with E-state index in [0.29, 0.717) is 0 Å². The van der Waals surface area contributed by atoms with Crippen molar-refractivity contribution in [2.45, 2.75) is 0 Å². The van der Waals surface area contributed by atoms with E-state index in [4.69, 9.17) is 0 Å². The topological polar surface area (TPSA) is 70.9 Å². The molecule has 0 unspecified atom stereocenters. The van der Waals surface area contributed by atoms with Crippen LogP contribution in [0.5, 0.6) is 0 Å². The Kier molecular flexibility index (Phi) is 2.56. The summed E-state index contributed by atoms with van der Waals surface area (Å²) in [7, 11) is 2.00. The van der Waals surface area contributed by atoms with Crippen LogP contribution in [0.1, 0.15) is 10.4 Å². The molecule has 2 N–H and O–H groups in total. The van der Waals surface area contributed by atoms with Crippen LogP contribution in [0.4, 0.5) is 0 Å². The summed E-state index contributed by atoms with van der Waals surface area (Å²) in [6.45, 7) is 0. The van der Waals surface area contributed by atoms with Crippen LogP contribution in [-0.4, -0.2) is 25.8 Å². The lowest BCUT2D eigenvalue weighted by atomic mass is 10.0. The number of rotatable bonds is 2. The highest BCUT2D eigenvalue weighted by Gasteiger charge is 2.14. The molecule has 0 aliphatic rings. The number of aromatic carboxylic acids is 1. The fourth-order valence-corrected chi connectivity index (χ4v) is 2.86. The van der Waals surface area contributed by atoms with Gasteiger partial charge in [-0.25, -0.2) is 4.79 Å². The second-order valence-electron chi connectivity index (χ2n) is 5.30. The van der Waals surface area contributed by atoms with E-state index in [0.717, 1.165) is 33.1 Å². The maximum Gasteiger partial charge on any atom is 0.335 e. The summed E-state index contributed by atoms with van der Waals surface area (Å²) in [6.07, 6.45) is 2.01. The number of nitrogens with one attached hydrogen (secondary N) is 1. The van der Waals surface area contributed by atoms with Crippen LogP contribution in [-0.2, 0) is 7.05 Å². The van der Waals surface area contributed by atoms with Crippen molar-refractivity contribution < 1.29 is 9.90 Å². The molecule has 0 saturated heterocycles. The first kappa shape index (κ1) is 12.6. The number of aryl methyl sites for hydroxylation is 1. The van der Waals surface area contributed by atoms with Gasteiger partial charge in [0.2, 0.25) is 0 Å². The average molecular weight is 291 g/mol. The van der Waals surface area contributed by atoms with Gasteiger partial charge in [-0.3, -0.25) is 5.10 Å². The Balaban J connectivity index is 2.04. The molecule has 0 aliphatic heterocycles. The summed E-state index contributed by atoms with van der Waals surface area (Å²) in [4.78, 5) is 11.2. The molecule has 2 heterocycles. The molecule has 0 fully saturated rings. The maximum absolute atomic E-state index is 11.2. The number of fused-ring (bicyclic) bond motifs is 2. The molecular weight excluding hydrogens is 278 g/mol. The molecule has 0 radical (unpaired) electrons. The fraction of sp³-hybridized carbons (Fsp3) is 0.0588. The molecule has 0 aliphatic carbocycles. The molecular formula is C17H13N3O2. The number of benzene rings is 2. The van der Waals surface area contributed by atoms with Crippen molar-refractivity contribution in [2.24, 2.45) is 7.05 Å². The third kappa shape index (κ3) is 1.72. The highest BCUT2D eigenvalue weighted by Crippen LogP contribution is 2.32. The maximum atomic E-state index is 11.2. The van der Waals surface area contributed by atoms with Crippen molar-refractivity contribution in [1.29, 1.82) is 0 Å². The highest BCUT2D eigenvalue weighted by molar-refractivity contribution is 6.04. The number of carbonyl (C=O) groups is 1. The van der Waals surface area contributed by atoms with Crippen LogP contribution in [0.15, 0.2) is 48.7 Å². The van der Waals surface area contributed by atoms with Gasteiger partial charge in [-0.05, 0) is 30.3 Å². The van der Waals surface area contributed by atoms with Crippen molar-refractivity contribution >= 4 is 27.8 Å². The Morgan fingerprint density at radius 3 is 2.86 bits per heavy atom. The highest BCUT2D eigenvalue weighted by atomic mass is 16.4. The van der Waals surface area contributed by atoms with Crippen LogP contribution in [0, 0.1) is 0 Å². The SMILES string of the molecule is Cn1ccc2c(-c3n[nH]c4ccc(C(=O)O)cc34)cccc21. The van der Waals surface area contributed by atoms with Gasteiger partial charge in [-0.1, -0.05) is 12.1 Å². The minimum absolute atomic E-state index is 0.260. The molecule has 5 nitrogen and oxygen atoms in total. The quantitative estimate of drug-likeness (QED) is 0.594. The van der Waals surface area contributed by atoms with Crippen LogP contribution in [0.25, 0.3) is 33.1 Å². The van der Waals surface area contributed by atoms with Crippen molar-refractivity contribution in [3.8, 4) is 11.3 Å². The summed E-state index contributed by atoms with van der Waals surface area (Å²) in [5.74, 6) is -0.938. The zero-order valence-electron chi connectivity index (χ0n) is 11.9. The van der Waals surface area contributed by atoms with E-state index < -0.39 is 5.97 Å². The van der Waals surface area contributed by atoms with Gasteiger partial charge in [0.05, 0.1) is 11.1 Å². The summed E-state index contributed by atoms with van der Waals surface area (Å²) >= 11 is 0. The van der Waals surface area contributed by atoms with E-state index in [1.807, 2.05) is 31.4 Å². The predicted octanol–water partition coefficient (Wildman–Crippen LogP) is 3.42. The Morgan fingerprint density at radius 2 is 2.05 bits per heavy atom. The third-order valence-corrected chi connectivity index (χ3v) is 3.99. The van der Waals surface area contributed by atoms with Gasteiger partial charge < -0.3 is 9.67 Å². The van der Waals surface area contributed by atoms with Gasteiger partial charge in [0.25, 0.3) is 0 Å². The summed E-state index contributed by atoms with van der Waals surface area (Å²) in [5.41, 5.74) is 3.97. The number of carboxylic acid groups (broad SMARTS) is 1. The molecule has 0 bridgehead atoms. The van der Waals surface area contributed by atoms with Crippen LogP contribution < -0.4 is 0 Å². The van der Waals surface area contributed by atoms with Crippen molar-refractivity contribution in [2.75, 3.05) is 0 Å². The Morgan fingerprint density at radius 1 is 1.18 bits per heavy atom. The van der Waals surface area contributed by atoms with Gasteiger partial charge >= 0.3 is 5.97 Å². The zero-order chi connectivity index (χ0) is 15.3. The van der Waals surface area contributed by atoms with Gasteiger partial charge in [-0.2, -0.15) is 5.10 Å². The monoisotopic (exact) mass is 291 g/mol. The predicted molar refractivity (Wildman–Crippen MR) is 85.0 cm³/mol. The fourth-order valence-electron chi connectivity index (χ4n) is 2.86. The molecule has 108 valence electrons. The first-order valence-electron chi connectivity index (χ1n) is 6.91. The summed E-state index contributed by atoms with van der Waals surface area (Å²) < 4.78 is 2.05. The Labute approximate surface area is 125 Å². The van der Waals surface area contributed by atoms with Gasteiger partial charge in [0.1, 0.15) is 5.69 Å². The normalized spacial score (nSPS) is 11.3. The Bertz CT molecular complexity index is 1030. The smallest absolute Gasteiger partial charge is 0.335 e. The standard InChI is InChI=1S/C17H13N3O2/c1-20-8-7-11-12(3-2-4-15(11)20)16-13-9-10(17(21)22)5-6-14(13)18-19-16/h2-9H,1H3,(H,18,19)(H,21,22). The van der Waals surface area contributed by atoms with Crippen molar-refractivity contribution in [3.63, 3.8) is 0 Å². The van der Waals surface area contributed by atoms with Crippen LogP contribution >= 0.6 is 0 Å². The molecule has 0 atom stereocenters. The molecule has 4 aromatic rings. The first-order valence-corrected chi connectivity index (χ1v) is 6.91. The molecule has 0 spiro atoms. The molecule has 5 heteroatoms. The number of nitrogens with zero attached hydrogens (tertiary/aromatic N) is 2. The van der Waals surface area contributed by atoms with E-state index in [1.165, 1.54) is 0 Å². The minimum atomic E-state index is -0.938. The summed E-state index contributed by atoms with van der Waals surface area (Å²) in [5, 5.41) is 18.5. The molecule has 22 heavy (non-hydrogen) atoms. The van der Waals surface area contributed by atoms with Gasteiger partial charge in [0, 0.05) is 35.1 Å². The lowest BCUT2D eigenvalue weighted by Crippen LogP contribution is -1.95. The number of aromatic amines is 1. The van der Waals surface area contributed by atoms with E-state index in [9.17, 15) is 9.90 Å². The lowest BCUT2D eigenvalue weighted by molar-refractivity contribution is 0.0697. The van der Waals surface area contributed by atoms with E-state index >= 15 is 0 Å². The number of hydrogen-bond donors (Lipinski definition) is 2. The number of aromatic nitrogens is 3. The average Bonchev–Trinajstić information content (AvgIpc) is 3.10. The van der Waals surface area contributed by atoms with Crippen LogP contribution in [0.3, 0.4) is 0 Å². The molecule has 0 saturated carbocycles. The van der Waals surface area contributed by atoms with E-state index in [2.05, 4.69) is 20.8 Å². The molecule has 4 rings (SSSR count). The van der Waals surface area contributed by atoms with Crippen molar-refractivity contribution in [1.82, 2.24) is 14.8 Å². The molecule has 2 aromatic carbocycles. The summed E-state index contributed by atoms with van der Waals surface area (Å²) in [6, 6.07) is 13.1. The zero-order valence-corrected chi connectivity index (χ0v) is 11.9. The molecule has 0 amide bonds. The second kappa shape index (κ2) is 4.46. The number of H-pyrrole nitrogens is 1. The number of carboxylic acids is 1. The molecule has 2 aromatic heterocycles. The Hall–Kier alpha value is -3.08. The second-order valence-corrected chi connectivity index (χ2v) is 5.30. The minimum Gasteiger partial charge on any atom is -0.478 e. The third-order valence-electron chi connectivity index (χ3n) is 3.99. The van der Waals surface area contributed by atoms with Gasteiger partial charge in [-0.15, -0.1) is 0 Å². The van der Waals surface area contributed by atoms with E-state index in [-0.39, 0.29) is 5.56 Å². The number of hydrogen-bond acceptors (Lipinski definition) is 2. The van der Waals surface area contributed by atoms with E-state index in [1.54, 1.807) is 18.2 Å². The first-order chi connectivity index (χ1) is 10.6. The largest absolute Gasteiger partial charge is 0.478 e.